The molecule has 0 atom stereocenters. The number of nitrogens with one attached hydrogen (secondary N) is 1. The van der Waals surface area contributed by atoms with Crippen LogP contribution in [0, 0.1) is 5.82 Å². The first-order valence-electron chi connectivity index (χ1n) is 6.54. The second-order valence-electron chi connectivity index (χ2n) is 4.41. The number of ether oxygens (including phenoxy) is 1. The fraction of sp³-hybridized carbons (Fsp3) is 0.333. The van der Waals surface area contributed by atoms with Crippen LogP contribution >= 0.6 is 11.6 Å². The van der Waals surface area contributed by atoms with Gasteiger partial charge >= 0.3 is 0 Å². The van der Waals surface area contributed by atoms with Gasteiger partial charge in [0.2, 0.25) is 0 Å². The molecule has 1 N–H and O–H groups in total. The van der Waals surface area contributed by atoms with Crippen LogP contribution in [-0.2, 0) is 13.2 Å². The van der Waals surface area contributed by atoms with E-state index in [0.717, 1.165) is 24.3 Å². The highest BCUT2D eigenvalue weighted by Crippen LogP contribution is 2.26. The van der Waals surface area contributed by atoms with Crippen LogP contribution in [0.1, 0.15) is 24.7 Å². The molecule has 0 spiro atoms. The molecule has 2 aromatic rings. The van der Waals surface area contributed by atoms with Crippen LogP contribution in [0.25, 0.3) is 0 Å². The molecule has 5 heteroatoms. The van der Waals surface area contributed by atoms with Gasteiger partial charge in [0.25, 0.3) is 0 Å². The van der Waals surface area contributed by atoms with Gasteiger partial charge in [0.05, 0.1) is 17.8 Å². The smallest absolute Gasteiger partial charge is 0.138 e. The maximum Gasteiger partial charge on any atom is 0.138 e. The molecule has 1 aromatic carbocycles. The molecular weight excluding hydrogens is 281 g/mol. The summed E-state index contributed by atoms with van der Waals surface area (Å²) in [6.07, 6.45) is 2.70. The maximum atomic E-state index is 12.9. The van der Waals surface area contributed by atoms with Gasteiger partial charge in [0, 0.05) is 5.56 Å². The molecule has 0 aliphatic heterocycles. The Hall–Kier alpha value is -1.52. The normalized spacial score (nSPS) is 10.8. The van der Waals surface area contributed by atoms with Crippen molar-refractivity contribution >= 4 is 11.6 Å². The van der Waals surface area contributed by atoms with Gasteiger partial charge in [-0.05, 0) is 37.2 Å². The molecule has 0 aliphatic rings. The molecule has 1 aromatic heterocycles. The van der Waals surface area contributed by atoms with Crippen molar-refractivity contribution in [3.63, 3.8) is 0 Å². The number of hydrogen-bond donors (Lipinski definition) is 1. The molecule has 0 fully saturated rings. The highest BCUT2D eigenvalue weighted by atomic mass is 35.5. The summed E-state index contributed by atoms with van der Waals surface area (Å²) in [5, 5.41) is 3.53. The van der Waals surface area contributed by atoms with Crippen molar-refractivity contribution in [1.29, 1.82) is 0 Å². The maximum absolute atomic E-state index is 12.9. The molecule has 108 valence electrons. The molecule has 0 bridgehead atoms. The van der Waals surface area contributed by atoms with Crippen LogP contribution in [0.4, 0.5) is 4.39 Å². The SMILES string of the molecule is CCCNCc1occc1COc1ccc(F)cc1Cl. The Morgan fingerprint density at radius 3 is 2.95 bits per heavy atom. The molecule has 0 aliphatic carbocycles. The Bertz CT molecular complexity index is 557. The van der Waals surface area contributed by atoms with E-state index in [2.05, 4.69) is 12.2 Å². The Labute approximate surface area is 122 Å². The highest BCUT2D eigenvalue weighted by molar-refractivity contribution is 6.32. The molecule has 0 saturated heterocycles. The Morgan fingerprint density at radius 2 is 2.20 bits per heavy atom. The lowest BCUT2D eigenvalue weighted by Crippen LogP contribution is -2.14. The first-order valence-corrected chi connectivity index (χ1v) is 6.92. The third-order valence-electron chi connectivity index (χ3n) is 2.83. The second-order valence-corrected chi connectivity index (χ2v) is 4.82. The van der Waals surface area contributed by atoms with Crippen molar-refractivity contribution < 1.29 is 13.5 Å². The minimum absolute atomic E-state index is 0.263. The van der Waals surface area contributed by atoms with E-state index in [9.17, 15) is 4.39 Å². The van der Waals surface area contributed by atoms with Crippen LogP contribution in [0.5, 0.6) is 5.75 Å². The molecule has 0 radical (unpaired) electrons. The summed E-state index contributed by atoms with van der Waals surface area (Å²) in [6, 6.07) is 5.93. The lowest BCUT2D eigenvalue weighted by molar-refractivity contribution is 0.301. The predicted molar refractivity (Wildman–Crippen MR) is 76.4 cm³/mol. The summed E-state index contributed by atoms with van der Waals surface area (Å²) >= 11 is 5.91. The van der Waals surface area contributed by atoms with E-state index in [4.69, 9.17) is 20.8 Å². The molecule has 0 amide bonds. The van der Waals surface area contributed by atoms with Gasteiger partial charge in [-0.3, -0.25) is 0 Å². The Kier molecular flexibility index (Phi) is 5.44. The van der Waals surface area contributed by atoms with Crippen molar-refractivity contribution in [2.75, 3.05) is 6.54 Å². The summed E-state index contributed by atoms with van der Waals surface area (Å²) in [4.78, 5) is 0. The van der Waals surface area contributed by atoms with Crippen LogP contribution in [0.15, 0.2) is 34.9 Å². The number of rotatable bonds is 7. The third kappa shape index (κ3) is 3.99. The summed E-state index contributed by atoms with van der Waals surface area (Å²) in [5.74, 6) is 0.925. The zero-order chi connectivity index (χ0) is 14.4. The van der Waals surface area contributed by atoms with Crippen molar-refractivity contribution in [2.45, 2.75) is 26.5 Å². The van der Waals surface area contributed by atoms with Crippen LogP contribution in [0.2, 0.25) is 5.02 Å². The summed E-state index contributed by atoms with van der Waals surface area (Å²) in [5.41, 5.74) is 0.953. The second kappa shape index (κ2) is 7.31. The first-order chi connectivity index (χ1) is 9.70. The zero-order valence-corrected chi connectivity index (χ0v) is 12.0. The van der Waals surface area contributed by atoms with E-state index in [-0.39, 0.29) is 10.8 Å². The van der Waals surface area contributed by atoms with Crippen molar-refractivity contribution in [3.8, 4) is 5.75 Å². The van der Waals surface area contributed by atoms with E-state index in [1.165, 1.54) is 18.2 Å². The van der Waals surface area contributed by atoms with Crippen molar-refractivity contribution in [1.82, 2.24) is 5.32 Å². The van der Waals surface area contributed by atoms with Crippen molar-refractivity contribution in [3.05, 3.63) is 52.7 Å². The predicted octanol–water partition coefficient (Wildman–Crippen LogP) is 4.15. The van der Waals surface area contributed by atoms with E-state index < -0.39 is 0 Å². The molecular formula is C15H17ClFNO2. The van der Waals surface area contributed by atoms with Crippen LogP contribution in [0.3, 0.4) is 0 Å². The molecule has 20 heavy (non-hydrogen) atoms. The third-order valence-corrected chi connectivity index (χ3v) is 3.12. The minimum Gasteiger partial charge on any atom is -0.487 e. The highest BCUT2D eigenvalue weighted by Gasteiger charge is 2.08. The zero-order valence-electron chi connectivity index (χ0n) is 11.3. The fourth-order valence-electron chi connectivity index (χ4n) is 1.78. The summed E-state index contributed by atoms with van der Waals surface area (Å²) < 4.78 is 23.9. The number of hydrogen-bond acceptors (Lipinski definition) is 3. The van der Waals surface area contributed by atoms with Gasteiger partial charge < -0.3 is 14.5 Å². The van der Waals surface area contributed by atoms with Gasteiger partial charge in [-0.25, -0.2) is 4.39 Å². The number of halogens is 2. The van der Waals surface area contributed by atoms with Crippen LogP contribution in [-0.4, -0.2) is 6.54 Å². The van der Waals surface area contributed by atoms with Crippen LogP contribution < -0.4 is 10.1 Å². The topological polar surface area (TPSA) is 34.4 Å². The van der Waals surface area contributed by atoms with Gasteiger partial charge in [0.15, 0.2) is 0 Å². The summed E-state index contributed by atoms with van der Waals surface area (Å²) in [6.45, 7) is 4.04. The largest absolute Gasteiger partial charge is 0.487 e. The molecule has 2 rings (SSSR count). The lowest BCUT2D eigenvalue weighted by Gasteiger charge is -2.08. The van der Waals surface area contributed by atoms with E-state index >= 15 is 0 Å². The van der Waals surface area contributed by atoms with E-state index in [1.807, 2.05) is 6.07 Å². The number of benzene rings is 1. The van der Waals surface area contributed by atoms with E-state index in [0.29, 0.717) is 18.9 Å². The average Bonchev–Trinajstić information content (AvgIpc) is 2.86. The number of furan rings is 1. The van der Waals surface area contributed by atoms with Crippen molar-refractivity contribution in [2.24, 2.45) is 0 Å². The quantitative estimate of drug-likeness (QED) is 0.780. The first kappa shape index (κ1) is 14.9. The minimum atomic E-state index is -0.380. The van der Waals surface area contributed by atoms with Gasteiger partial charge in [-0.1, -0.05) is 18.5 Å². The Morgan fingerprint density at radius 1 is 1.35 bits per heavy atom. The molecule has 0 saturated carbocycles. The molecule has 3 nitrogen and oxygen atoms in total. The van der Waals surface area contributed by atoms with Gasteiger partial charge in [-0.15, -0.1) is 0 Å². The average molecular weight is 298 g/mol. The Balaban J connectivity index is 1.95. The monoisotopic (exact) mass is 297 g/mol. The van der Waals surface area contributed by atoms with Gasteiger partial charge in [-0.2, -0.15) is 0 Å². The van der Waals surface area contributed by atoms with E-state index in [1.54, 1.807) is 6.26 Å². The molecule has 0 unspecified atom stereocenters. The standard InChI is InChI=1S/C15H17ClFNO2/c1-2-6-18-9-15-11(5-7-19-15)10-20-14-4-3-12(17)8-13(14)16/h3-5,7-8,18H,2,6,9-10H2,1H3. The molecule has 1 heterocycles. The van der Waals surface area contributed by atoms with Gasteiger partial charge in [0.1, 0.15) is 23.9 Å². The fourth-order valence-corrected chi connectivity index (χ4v) is 2.00. The summed E-state index contributed by atoms with van der Waals surface area (Å²) in [7, 11) is 0. The lowest BCUT2D eigenvalue weighted by atomic mass is 10.2.